The first-order chi connectivity index (χ1) is 17.2. The Morgan fingerprint density at radius 2 is 1.17 bits per heavy atom. The Labute approximate surface area is 205 Å². The van der Waals surface area contributed by atoms with Crippen LogP contribution < -0.4 is 9.47 Å². The molecule has 0 aromatic heterocycles. The zero-order chi connectivity index (χ0) is 23.6. The van der Waals surface area contributed by atoms with Gasteiger partial charge in [0.05, 0.1) is 0 Å². The van der Waals surface area contributed by atoms with E-state index >= 15 is 0 Å². The molecule has 2 nitrogen and oxygen atoms in total. The fourth-order valence-corrected chi connectivity index (χ4v) is 4.41. The number of rotatable bonds is 5. The average Bonchev–Trinajstić information content (AvgIpc) is 2.91. The van der Waals surface area contributed by atoms with Crippen LogP contribution in [0.3, 0.4) is 0 Å². The largest absolute Gasteiger partial charge is 0.453 e. The van der Waals surface area contributed by atoms with Gasteiger partial charge in [-0.25, -0.2) is 0 Å². The molecule has 0 radical (unpaired) electrons. The van der Waals surface area contributed by atoms with E-state index in [2.05, 4.69) is 79.7 Å². The van der Waals surface area contributed by atoms with E-state index in [1.54, 1.807) is 0 Å². The Morgan fingerprint density at radius 1 is 0.486 bits per heavy atom. The molecule has 0 aliphatic carbocycles. The van der Waals surface area contributed by atoms with Crippen molar-refractivity contribution in [3.8, 4) is 34.1 Å². The van der Waals surface area contributed by atoms with Gasteiger partial charge in [-0.2, -0.15) is 0 Å². The standard InChI is InChI=1S/C33H24O2/c1-23-15-18-28(19-16-23)34-32-20-17-27-21-25-11-5-6-12-26(25)22-30(27)33(32)35-31-14-8-7-13-29(31)24-9-3-2-4-10-24/h2-22H,1H3. The van der Waals surface area contributed by atoms with Crippen molar-refractivity contribution < 1.29 is 9.47 Å². The lowest BCUT2D eigenvalue weighted by molar-refractivity contribution is 0.423. The van der Waals surface area contributed by atoms with Crippen molar-refractivity contribution in [1.29, 1.82) is 0 Å². The minimum atomic E-state index is 0.680. The van der Waals surface area contributed by atoms with Crippen LogP contribution in [0.25, 0.3) is 32.7 Å². The van der Waals surface area contributed by atoms with Crippen LogP contribution in [0.15, 0.2) is 127 Å². The molecule has 6 aromatic carbocycles. The van der Waals surface area contributed by atoms with Crippen LogP contribution in [0.1, 0.15) is 5.56 Å². The number of ether oxygens (including phenoxy) is 2. The molecule has 6 rings (SSSR count). The summed E-state index contributed by atoms with van der Waals surface area (Å²) in [6, 6.07) is 43.4. The summed E-state index contributed by atoms with van der Waals surface area (Å²) in [7, 11) is 0. The first kappa shape index (κ1) is 21.0. The molecule has 0 bridgehead atoms. The van der Waals surface area contributed by atoms with Gasteiger partial charge in [-0.15, -0.1) is 0 Å². The van der Waals surface area contributed by atoms with Crippen molar-refractivity contribution >= 4 is 21.5 Å². The fourth-order valence-electron chi connectivity index (χ4n) is 4.41. The third-order valence-corrected chi connectivity index (χ3v) is 6.23. The van der Waals surface area contributed by atoms with E-state index in [9.17, 15) is 0 Å². The number of hydrogen-bond acceptors (Lipinski definition) is 2. The monoisotopic (exact) mass is 452 g/mol. The summed E-state index contributed by atoms with van der Waals surface area (Å²) in [5, 5.41) is 4.47. The molecule has 0 amide bonds. The van der Waals surface area contributed by atoms with E-state index in [0.29, 0.717) is 11.5 Å². The van der Waals surface area contributed by atoms with Crippen molar-refractivity contribution in [2.45, 2.75) is 6.92 Å². The van der Waals surface area contributed by atoms with E-state index in [1.807, 2.05) is 54.6 Å². The third kappa shape index (κ3) is 4.22. The van der Waals surface area contributed by atoms with Crippen LogP contribution in [0.5, 0.6) is 23.0 Å². The van der Waals surface area contributed by atoms with E-state index < -0.39 is 0 Å². The second-order valence-corrected chi connectivity index (χ2v) is 8.69. The highest BCUT2D eigenvalue weighted by atomic mass is 16.5. The highest BCUT2D eigenvalue weighted by Gasteiger charge is 2.16. The summed E-state index contributed by atoms with van der Waals surface area (Å²) < 4.78 is 13.1. The number of fused-ring (bicyclic) bond motifs is 2. The second kappa shape index (κ2) is 9.00. The summed E-state index contributed by atoms with van der Waals surface area (Å²) in [5.41, 5.74) is 3.33. The Balaban J connectivity index is 1.53. The van der Waals surface area contributed by atoms with Crippen LogP contribution in [0.2, 0.25) is 0 Å². The summed E-state index contributed by atoms with van der Waals surface area (Å²) >= 11 is 0. The highest BCUT2D eigenvalue weighted by Crippen LogP contribution is 2.44. The topological polar surface area (TPSA) is 18.5 Å². The van der Waals surface area contributed by atoms with E-state index in [4.69, 9.17) is 9.47 Å². The smallest absolute Gasteiger partial charge is 0.177 e. The van der Waals surface area contributed by atoms with Crippen molar-refractivity contribution in [1.82, 2.24) is 0 Å². The van der Waals surface area contributed by atoms with Crippen LogP contribution in [-0.2, 0) is 0 Å². The summed E-state index contributed by atoms with van der Waals surface area (Å²) in [6.07, 6.45) is 0. The van der Waals surface area contributed by atoms with Crippen molar-refractivity contribution in [3.63, 3.8) is 0 Å². The number of para-hydroxylation sites is 1. The Hall–Kier alpha value is -4.56. The second-order valence-electron chi connectivity index (χ2n) is 8.69. The van der Waals surface area contributed by atoms with Gasteiger partial charge >= 0.3 is 0 Å². The molecule has 0 saturated heterocycles. The Morgan fingerprint density at radius 3 is 1.97 bits per heavy atom. The van der Waals surface area contributed by atoms with Gasteiger partial charge in [-0.05, 0) is 65.0 Å². The minimum absolute atomic E-state index is 0.680. The molecule has 0 atom stereocenters. The van der Waals surface area contributed by atoms with Crippen molar-refractivity contribution in [2.75, 3.05) is 0 Å². The Bertz CT molecular complexity index is 1630. The number of hydrogen-bond donors (Lipinski definition) is 0. The summed E-state index contributed by atoms with van der Waals surface area (Å²) in [5.74, 6) is 2.95. The van der Waals surface area contributed by atoms with Gasteiger partial charge in [0.1, 0.15) is 11.5 Å². The maximum Gasteiger partial charge on any atom is 0.177 e. The molecule has 0 saturated carbocycles. The lowest BCUT2D eigenvalue weighted by atomic mass is 10.0. The number of benzene rings is 6. The predicted molar refractivity (Wildman–Crippen MR) is 145 cm³/mol. The zero-order valence-corrected chi connectivity index (χ0v) is 19.4. The molecular formula is C33H24O2. The molecule has 168 valence electrons. The zero-order valence-electron chi connectivity index (χ0n) is 19.4. The molecule has 0 unspecified atom stereocenters. The molecule has 0 spiro atoms. The molecule has 0 heterocycles. The van der Waals surface area contributed by atoms with Gasteiger partial charge in [-0.1, -0.05) is 96.6 Å². The first-order valence-corrected chi connectivity index (χ1v) is 11.8. The Kier molecular flexibility index (Phi) is 5.40. The third-order valence-electron chi connectivity index (χ3n) is 6.23. The van der Waals surface area contributed by atoms with Crippen LogP contribution >= 0.6 is 0 Å². The van der Waals surface area contributed by atoms with Gasteiger partial charge in [-0.3, -0.25) is 0 Å². The minimum Gasteiger partial charge on any atom is -0.453 e. The molecule has 2 heteroatoms. The van der Waals surface area contributed by atoms with Gasteiger partial charge in [0.15, 0.2) is 11.5 Å². The molecule has 0 aliphatic rings. The average molecular weight is 453 g/mol. The molecule has 0 aliphatic heterocycles. The van der Waals surface area contributed by atoms with E-state index in [1.165, 1.54) is 10.9 Å². The van der Waals surface area contributed by atoms with Crippen LogP contribution in [0, 0.1) is 6.92 Å². The molecule has 0 fully saturated rings. The number of aryl methyl sites for hydroxylation is 1. The SMILES string of the molecule is Cc1ccc(Oc2ccc3cc4ccccc4cc3c2Oc2ccccc2-c2ccccc2)cc1. The first-order valence-electron chi connectivity index (χ1n) is 11.8. The highest BCUT2D eigenvalue weighted by molar-refractivity contribution is 6.02. The molecule has 0 N–H and O–H groups in total. The van der Waals surface area contributed by atoms with Crippen molar-refractivity contribution in [3.05, 3.63) is 133 Å². The predicted octanol–water partition coefficient (Wildman–Crippen LogP) is 9.55. The molecule has 6 aromatic rings. The van der Waals surface area contributed by atoms with Gasteiger partial charge in [0.25, 0.3) is 0 Å². The maximum absolute atomic E-state index is 6.73. The van der Waals surface area contributed by atoms with E-state index in [0.717, 1.165) is 38.8 Å². The van der Waals surface area contributed by atoms with Gasteiger partial charge in [0, 0.05) is 10.9 Å². The van der Waals surface area contributed by atoms with E-state index in [-0.39, 0.29) is 0 Å². The summed E-state index contributed by atoms with van der Waals surface area (Å²) in [4.78, 5) is 0. The summed E-state index contributed by atoms with van der Waals surface area (Å²) in [6.45, 7) is 2.07. The fraction of sp³-hybridized carbons (Fsp3) is 0.0303. The van der Waals surface area contributed by atoms with Crippen LogP contribution in [0.4, 0.5) is 0 Å². The van der Waals surface area contributed by atoms with Gasteiger partial charge < -0.3 is 9.47 Å². The maximum atomic E-state index is 6.73. The quantitative estimate of drug-likeness (QED) is 0.242. The molecule has 35 heavy (non-hydrogen) atoms. The lowest BCUT2D eigenvalue weighted by Gasteiger charge is -2.17. The molecular weight excluding hydrogens is 428 g/mol. The normalized spacial score (nSPS) is 11.0. The van der Waals surface area contributed by atoms with Gasteiger partial charge in [0.2, 0.25) is 0 Å². The van der Waals surface area contributed by atoms with Crippen LogP contribution in [-0.4, -0.2) is 0 Å². The van der Waals surface area contributed by atoms with Crippen molar-refractivity contribution in [2.24, 2.45) is 0 Å². The lowest BCUT2D eigenvalue weighted by Crippen LogP contribution is -1.94.